The van der Waals surface area contributed by atoms with Crippen molar-refractivity contribution in [3.05, 3.63) is 297 Å². The molecule has 2 heterocycles. The average molecular weight is 982 g/mol. The molecule has 0 aliphatic rings. The van der Waals surface area contributed by atoms with E-state index in [2.05, 4.69) is 270 Å². The van der Waals surface area contributed by atoms with Crippen LogP contribution in [0.4, 0.5) is 17.1 Å². The van der Waals surface area contributed by atoms with E-state index in [0.717, 1.165) is 28.4 Å². The number of allylic oxidation sites excluding steroid dienone is 4. The molecule has 0 aliphatic carbocycles. The first kappa shape index (κ1) is 50.1. The van der Waals surface area contributed by atoms with Crippen LogP contribution in [0.5, 0.6) is 0 Å². The second-order valence-corrected chi connectivity index (χ2v) is 18.5. The van der Waals surface area contributed by atoms with Gasteiger partial charge in [-0.15, -0.1) is 0 Å². The summed E-state index contributed by atoms with van der Waals surface area (Å²) in [6.07, 6.45) is 8.00. The summed E-state index contributed by atoms with van der Waals surface area (Å²) in [6, 6.07) is 96.1. The molecule has 13 aromatic rings. The lowest BCUT2D eigenvalue weighted by Gasteiger charge is -2.26. The number of nitrogens with zero attached hydrogens (tertiary/aromatic N) is 3. The Hall–Kier alpha value is -9.44. The molecule has 0 bridgehead atoms. The van der Waals surface area contributed by atoms with E-state index in [1.165, 1.54) is 82.2 Å². The maximum Gasteiger partial charge on any atom is 0.0641 e. The molecule has 11 aromatic carbocycles. The van der Waals surface area contributed by atoms with Crippen LogP contribution in [0.2, 0.25) is 0 Å². The zero-order chi connectivity index (χ0) is 52.2. The third kappa shape index (κ3) is 10.4. The van der Waals surface area contributed by atoms with E-state index in [1.54, 1.807) is 0 Å². The lowest BCUT2D eigenvalue weighted by atomic mass is 10.0. The van der Waals surface area contributed by atoms with Gasteiger partial charge in [-0.1, -0.05) is 232 Å². The second kappa shape index (κ2) is 23.6. The third-order valence-corrected chi connectivity index (χ3v) is 13.7. The van der Waals surface area contributed by atoms with Crippen molar-refractivity contribution in [2.45, 2.75) is 34.6 Å². The highest BCUT2D eigenvalue weighted by molar-refractivity contribution is 6.26. The number of para-hydroxylation sites is 3. The lowest BCUT2D eigenvalue weighted by Crippen LogP contribution is -2.10. The number of anilines is 3. The van der Waals surface area contributed by atoms with Gasteiger partial charge in [-0.2, -0.15) is 0 Å². The summed E-state index contributed by atoms with van der Waals surface area (Å²) < 4.78 is 4.90. The first-order chi connectivity index (χ1) is 37.6. The summed E-state index contributed by atoms with van der Waals surface area (Å²) in [4.78, 5) is 2.37. The number of hydrogen-bond acceptors (Lipinski definition) is 1. The maximum absolute atomic E-state index is 2.49. The van der Waals surface area contributed by atoms with Gasteiger partial charge in [-0.25, -0.2) is 0 Å². The Kier molecular flexibility index (Phi) is 15.6. The zero-order valence-electron chi connectivity index (χ0n) is 44.1. The predicted octanol–water partition coefficient (Wildman–Crippen LogP) is 21.0. The van der Waals surface area contributed by atoms with Gasteiger partial charge in [0.25, 0.3) is 0 Å². The van der Waals surface area contributed by atoms with Gasteiger partial charge in [0.1, 0.15) is 0 Å². The van der Waals surface area contributed by atoms with Crippen LogP contribution in [-0.4, -0.2) is 9.13 Å². The molecule has 0 saturated carbocycles. The van der Waals surface area contributed by atoms with Crippen molar-refractivity contribution in [2.24, 2.45) is 0 Å². The van der Waals surface area contributed by atoms with Gasteiger partial charge < -0.3 is 14.0 Å². The molecule has 0 fully saturated rings. The Balaban J connectivity index is 0.000000385. The van der Waals surface area contributed by atoms with Crippen LogP contribution in [0.25, 0.3) is 88.0 Å². The van der Waals surface area contributed by atoms with Crippen molar-refractivity contribution >= 4 is 71.4 Å². The quantitative estimate of drug-likeness (QED) is 0.138. The SMILES string of the molecule is C/C=C\C=C/C.CC.Cc1ccccc1.c1ccc(-c2ccc(N(c3ccc(-c4ccccc4)cc3)c3ccc4ccc(-n5c6ccccc6c6ccc7c(c8ccccc8n7-c7ccccc7)c65)cc4c3)cc2)cc1. The Bertz CT molecular complexity index is 3960. The summed E-state index contributed by atoms with van der Waals surface area (Å²) in [6.45, 7) is 10.1. The van der Waals surface area contributed by atoms with Gasteiger partial charge in [0, 0.05) is 50.0 Å². The standard InChI is InChI=1S/C58H39N3.C7H8.C6H10.C2H6/c1-4-14-40(15-5-1)42-24-30-47(31-25-42)59(48-32-26-43(27-33-48)41-16-6-2-7-17-41)49-34-28-44-29-35-50(39-45(44)38-49)61-54-22-12-10-20-51(54)52-36-37-56-57(58(52)61)53-21-11-13-23-55(53)60(56)46-18-8-3-9-19-46;1-7-5-3-2-4-6-7;1-3-5-6-4-2;1-2/h1-39H;2-6H,1H3;3-6H,1-2H3;1-2H3/b;;5-3-,6-4-;. The highest BCUT2D eigenvalue weighted by atomic mass is 15.1. The smallest absolute Gasteiger partial charge is 0.0641 e. The molecular weight excluding hydrogens is 919 g/mol. The number of hydrogen-bond donors (Lipinski definition) is 0. The van der Waals surface area contributed by atoms with E-state index in [0.29, 0.717) is 0 Å². The molecule has 0 atom stereocenters. The van der Waals surface area contributed by atoms with E-state index in [9.17, 15) is 0 Å². The predicted molar refractivity (Wildman–Crippen MR) is 330 cm³/mol. The van der Waals surface area contributed by atoms with E-state index in [4.69, 9.17) is 0 Å². The molecular formula is C73H63N3. The van der Waals surface area contributed by atoms with Crippen LogP contribution in [0.1, 0.15) is 33.3 Å². The Labute approximate surface area is 448 Å². The monoisotopic (exact) mass is 982 g/mol. The van der Waals surface area contributed by atoms with Crippen molar-refractivity contribution in [3.63, 3.8) is 0 Å². The largest absolute Gasteiger partial charge is 0.310 e. The minimum Gasteiger partial charge on any atom is -0.310 e. The van der Waals surface area contributed by atoms with Crippen LogP contribution >= 0.6 is 0 Å². The van der Waals surface area contributed by atoms with Gasteiger partial charge in [0.05, 0.1) is 22.1 Å². The Morgan fingerprint density at radius 2 is 0.789 bits per heavy atom. The molecule has 0 N–H and O–H groups in total. The van der Waals surface area contributed by atoms with E-state index >= 15 is 0 Å². The van der Waals surface area contributed by atoms with Gasteiger partial charge in [-0.3, -0.25) is 0 Å². The second-order valence-electron chi connectivity index (χ2n) is 18.5. The molecule has 3 nitrogen and oxygen atoms in total. The minimum atomic E-state index is 1.10. The number of rotatable bonds is 8. The van der Waals surface area contributed by atoms with Crippen LogP contribution in [-0.2, 0) is 0 Å². The Morgan fingerprint density at radius 1 is 0.329 bits per heavy atom. The van der Waals surface area contributed by atoms with Crippen molar-refractivity contribution < 1.29 is 0 Å². The molecule has 0 spiro atoms. The molecule has 0 radical (unpaired) electrons. The highest BCUT2D eigenvalue weighted by Crippen LogP contribution is 2.43. The van der Waals surface area contributed by atoms with Crippen LogP contribution < -0.4 is 4.90 Å². The van der Waals surface area contributed by atoms with Crippen molar-refractivity contribution in [1.29, 1.82) is 0 Å². The normalized spacial score (nSPS) is 11.1. The van der Waals surface area contributed by atoms with Crippen LogP contribution in [0, 0.1) is 6.92 Å². The van der Waals surface area contributed by atoms with E-state index < -0.39 is 0 Å². The first-order valence-corrected chi connectivity index (χ1v) is 26.5. The molecule has 0 aliphatic heterocycles. The average Bonchev–Trinajstić information content (AvgIpc) is 4.03. The fraction of sp³-hybridized carbons (Fsp3) is 0.0685. The van der Waals surface area contributed by atoms with Crippen molar-refractivity contribution in [2.75, 3.05) is 4.90 Å². The number of aromatic nitrogens is 2. The number of aryl methyl sites for hydroxylation is 1. The molecule has 2 aromatic heterocycles. The molecule has 13 rings (SSSR count). The summed E-state index contributed by atoms with van der Waals surface area (Å²) in [5.74, 6) is 0. The third-order valence-electron chi connectivity index (χ3n) is 13.7. The van der Waals surface area contributed by atoms with E-state index in [1.807, 2.05) is 70.2 Å². The summed E-state index contributed by atoms with van der Waals surface area (Å²) in [5.41, 5.74) is 16.5. The van der Waals surface area contributed by atoms with Crippen LogP contribution in [0.15, 0.2) is 291 Å². The van der Waals surface area contributed by atoms with Crippen molar-refractivity contribution in [3.8, 4) is 33.6 Å². The molecule has 370 valence electrons. The van der Waals surface area contributed by atoms with Gasteiger partial charge in [-0.05, 0) is 133 Å². The fourth-order valence-corrected chi connectivity index (χ4v) is 10.2. The minimum absolute atomic E-state index is 1.10. The van der Waals surface area contributed by atoms with Gasteiger partial charge >= 0.3 is 0 Å². The van der Waals surface area contributed by atoms with Crippen molar-refractivity contribution in [1.82, 2.24) is 9.13 Å². The fourth-order valence-electron chi connectivity index (χ4n) is 10.2. The first-order valence-electron chi connectivity index (χ1n) is 26.5. The topological polar surface area (TPSA) is 13.1 Å². The molecule has 0 saturated heterocycles. The summed E-state index contributed by atoms with van der Waals surface area (Å²) >= 11 is 0. The number of fused-ring (bicyclic) bond motifs is 8. The highest BCUT2D eigenvalue weighted by Gasteiger charge is 2.21. The molecule has 0 unspecified atom stereocenters. The molecule has 0 amide bonds. The maximum atomic E-state index is 2.49. The van der Waals surface area contributed by atoms with Gasteiger partial charge in [0.2, 0.25) is 0 Å². The molecule has 76 heavy (non-hydrogen) atoms. The lowest BCUT2D eigenvalue weighted by molar-refractivity contribution is 1.18. The summed E-state index contributed by atoms with van der Waals surface area (Å²) in [7, 11) is 0. The summed E-state index contributed by atoms with van der Waals surface area (Å²) in [5, 5.41) is 7.35. The Morgan fingerprint density at radius 3 is 1.33 bits per heavy atom. The number of benzene rings is 11. The molecule has 3 heteroatoms. The van der Waals surface area contributed by atoms with Gasteiger partial charge in [0.15, 0.2) is 0 Å². The van der Waals surface area contributed by atoms with E-state index in [-0.39, 0.29) is 0 Å². The zero-order valence-corrected chi connectivity index (χ0v) is 44.1. The van der Waals surface area contributed by atoms with Crippen LogP contribution in [0.3, 0.4) is 0 Å².